The molecule has 0 saturated carbocycles. The second-order valence-corrected chi connectivity index (χ2v) is 9.27. The average molecular weight is 510 g/mol. The van der Waals surface area contributed by atoms with Crippen molar-refractivity contribution in [3.8, 4) is 6.07 Å². The van der Waals surface area contributed by atoms with Gasteiger partial charge in [-0.3, -0.25) is 4.79 Å². The summed E-state index contributed by atoms with van der Waals surface area (Å²) in [5.74, 6) is -0.396. The number of anilines is 1. The van der Waals surface area contributed by atoms with Gasteiger partial charge in [-0.15, -0.1) is 0 Å². The van der Waals surface area contributed by atoms with Crippen LogP contribution in [-0.2, 0) is 17.4 Å². The van der Waals surface area contributed by atoms with E-state index in [9.17, 15) is 10.1 Å². The minimum Gasteiger partial charge on any atom is -0.761 e. The van der Waals surface area contributed by atoms with Gasteiger partial charge in [-0.25, -0.2) is 0 Å². The largest absolute Gasteiger partial charge is 1.00 e. The van der Waals surface area contributed by atoms with E-state index in [1.165, 1.54) is 89.9 Å². The molecule has 1 aromatic rings. The van der Waals surface area contributed by atoms with Crippen LogP contribution in [-0.4, -0.2) is 12.5 Å². The molecule has 0 heterocycles. The van der Waals surface area contributed by atoms with Gasteiger partial charge in [0.1, 0.15) is 11.6 Å². The molecule has 1 aromatic carbocycles. The summed E-state index contributed by atoms with van der Waals surface area (Å²) in [6.07, 6.45) is 21.2. The van der Waals surface area contributed by atoms with Crippen molar-refractivity contribution in [3.63, 3.8) is 0 Å². The van der Waals surface area contributed by atoms with Crippen LogP contribution in [0.25, 0.3) is 0 Å². The molecular weight excluding hydrogens is 465 g/mol. The first-order valence-electron chi connectivity index (χ1n) is 13.1. The molecule has 0 spiro atoms. The molecule has 4 nitrogen and oxygen atoms in total. The van der Waals surface area contributed by atoms with Crippen molar-refractivity contribution < 1.29 is 56.2 Å². The van der Waals surface area contributed by atoms with E-state index < -0.39 is 5.91 Å². The van der Waals surface area contributed by atoms with E-state index in [0.717, 1.165) is 18.5 Å². The minimum absolute atomic E-state index is 0. The summed E-state index contributed by atoms with van der Waals surface area (Å²) in [4.78, 5) is 12.3. The summed E-state index contributed by atoms with van der Waals surface area (Å²) in [7, 11) is 0. The van der Waals surface area contributed by atoms with Crippen LogP contribution >= 0.6 is 0 Å². The van der Waals surface area contributed by atoms with E-state index in [1.54, 1.807) is 0 Å². The molecule has 1 rings (SSSR count). The molecule has 0 atom stereocenters. The molecule has 0 aliphatic rings. The molecule has 6 heteroatoms. The van der Waals surface area contributed by atoms with Gasteiger partial charge in [0, 0.05) is 12.2 Å². The van der Waals surface area contributed by atoms with Gasteiger partial charge in [-0.1, -0.05) is 126 Å². The standard InChI is InChI=1S/C28H45N3OS.K/c1-2-3-4-5-6-7-8-9-10-11-12-13-14-15-16-20-23-30-27(32)26(24-29)28(33)31-25-21-18-17-19-22-25;/h17-19,21-22,31,33H,2-16,20,23H2,1H3,(H,30,32);/q;+1/p-1/b28-26+;. The number of amides is 1. The summed E-state index contributed by atoms with van der Waals surface area (Å²) < 4.78 is 0. The Balaban J connectivity index is 0.0000109. The van der Waals surface area contributed by atoms with E-state index in [2.05, 4.69) is 17.6 Å². The first kappa shape index (κ1) is 33.6. The molecule has 0 bridgehead atoms. The fourth-order valence-electron chi connectivity index (χ4n) is 3.88. The fourth-order valence-corrected chi connectivity index (χ4v) is 4.14. The van der Waals surface area contributed by atoms with Crippen LogP contribution in [0.15, 0.2) is 40.9 Å². The number of nitrogens with one attached hydrogen (secondary N) is 2. The van der Waals surface area contributed by atoms with Crippen molar-refractivity contribution in [3.05, 3.63) is 40.9 Å². The number of hydrogen-bond donors (Lipinski definition) is 2. The normalized spacial score (nSPS) is 11.2. The third-order valence-electron chi connectivity index (χ3n) is 5.91. The van der Waals surface area contributed by atoms with Crippen molar-refractivity contribution in [1.29, 1.82) is 5.26 Å². The Kier molecular flexibility index (Phi) is 24.0. The van der Waals surface area contributed by atoms with Gasteiger partial charge < -0.3 is 23.3 Å². The van der Waals surface area contributed by atoms with Crippen LogP contribution in [0.2, 0.25) is 0 Å². The van der Waals surface area contributed by atoms with Gasteiger partial charge in [0.2, 0.25) is 0 Å². The van der Waals surface area contributed by atoms with Crippen LogP contribution in [0.4, 0.5) is 5.69 Å². The summed E-state index contributed by atoms with van der Waals surface area (Å²) in [6.45, 7) is 2.85. The number of nitriles is 1. The first-order chi connectivity index (χ1) is 16.2. The Morgan fingerprint density at radius 3 is 1.68 bits per heavy atom. The fraction of sp³-hybridized carbons (Fsp3) is 0.643. The molecule has 0 aliphatic carbocycles. The van der Waals surface area contributed by atoms with Gasteiger partial charge in [-0.05, 0) is 18.6 Å². The van der Waals surface area contributed by atoms with Gasteiger partial charge in [0.05, 0.1) is 0 Å². The topological polar surface area (TPSA) is 64.9 Å². The zero-order chi connectivity index (χ0) is 24.0. The number of unbranched alkanes of at least 4 members (excludes halogenated alkanes) is 15. The molecular formula is C28H44KN3OS. The molecule has 0 aliphatic heterocycles. The molecule has 184 valence electrons. The number of carbonyl (C=O) groups excluding carboxylic acids is 1. The van der Waals surface area contributed by atoms with Crippen LogP contribution in [0.3, 0.4) is 0 Å². The minimum atomic E-state index is -0.396. The van der Waals surface area contributed by atoms with E-state index >= 15 is 0 Å². The Hall–Kier alpha value is -0.424. The maximum absolute atomic E-state index is 12.3. The zero-order valence-electron chi connectivity index (χ0n) is 21.7. The van der Waals surface area contributed by atoms with Crippen molar-refractivity contribution in [1.82, 2.24) is 5.32 Å². The van der Waals surface area contributed by atoms with Gasteiger partial charge in [0.25, 0.3) is 5.91 Å². The molecule has 2 N–H and O–H groups in total. The van der Waals surface area contributed by atoms with Gasteiger partial charge in [0.15, 0.2) is 0 Å². The van der Waals surface area contributed by atoms with Crippen LogP contribution < -0.4 is 62.0 Å². The second-order valence-electron chi connectivity index (χ2n) is 8.87. The summed E-state index contributed by atoms with van der Waals surface area (Å²) in [5, 5.41) is 15.2. The predicted octanol–water partition coefficient (Wildman–Crippen LogP) is 4.76. The smallest absolute Gasteiger partial charge is 0.761 e. The molecule has 34 heavy (non-hydrogen) atoms. The van der Waals surface area contributed by atoms with Crippen LogP contribution in [0.5, 0.6) is 0 Å². The summed E-state index contributed by atoms with van der Waals surface area (Å²) in [6, 6.07) is 11.3. The molecule has 0 saturated heterocycles. The second kappa shape index (κ2) is 24.3. The van der Waals surface area contributed by atoms with E-state index in [4.69, 9.17) is 12.6 Å². The van der Waals surface area contributed by atoms with Crippen molar-refractivity contribution in [2.75, 3.05) is 11.9 Å². The van der Waals surface area contributed by atoms with E-state index in [0.29, 0.717) is 6.54 Å². The number of carbonyl (C=O) groups is 1. The number of rotatable bonds is 20. The molecule has 0 radical (unpaired) electrons. The summed E-state index contributed by atoms with van der Waals surface area (Å²) in [5.41, 5.74) is 0.728. The summed E-state index contributed by atoms with van der Waals surface area (Å²) >= 11 is 5.22. The monoisotopic (exact) mass is 509 g/mol. The van der Waals surface area contributed by atoms with E-state index in [-0.39, 0.29) is 62.0 Å². The molecule has 0 fully saturated rings. The third kappa shape index (κ3) is 17.9. The van der Waals surface area contributed by atoms with Crippen molar-refractivity contribution >= 4 is 24.2 Å². The zero-order valence-corrected chi connectivity index (χ0v) is 25.6. The Morgan fingerprint density at radius 2 is 1.24 bits per heavy atom. The van der Waals surface area contributed by atoms with Crippen molar-refractivity contribution in [2.45, 2.75) is 110 Å². The molecule has 0 unspecified atom stereocenters. The van der Waals surface area contributed by atoms with E-state index in [1.807, 2.05) is 36.4 Å². The van der Waals surface area contributed by atoms with Crippen LogP contribution in [0, 0.1) is 11.3 Å². The predicted molar refractivity (Wildman–Crippen MR) is 143 cm³/mol. The maximum Gasteiger partial charge on any atom is 1.00 e. The SMILES string of the molecule is CCCCCCCCCCCCCCCCCCNC(=O)/C(C#N)=C(/[S-])Nc1ccccc1.[K+]. The number of nitrogens with zero attached hydrogens (tertiary/aromatic N) is 1. The van der Waals surface area contributed by atoms with Crippen molar-refractivity contribution in [2.24, 2.45) is 0 Å². The maximum atomic E-state index is 12.3. The third-order valence-corrected chi connectivity index (χ3v) is 6.22. The number of hydrogen-bond acceptors (Lipinski definition) is 4. The number of para-hydroxylation sites is 1. The number of benzene rings is 1. The molecule has 0 aromatic heterocycles. The quantitative estimate of drug-likeness (QED) is 0.0874. The van der Waals surface area contributed by atoms with Gasteiger partial charge >= 0.3 is 51.4 Å². The Labute approximate surface area is 257 Å². The average Bonchev–Trinajstić information content (AvgIpc) is 2.82. The Bertz CT molecular complexity index is 703. The van der Waals surface area contributed by atoms with Crippen LogP contribution in [0.1, 0.15) is 110 Å². The van der Waals surface area contributed by atoms with Gasteiger partial charge in [-0.2, -0.15) is 5.26 Å². The Morgan fingerprint density at radius 1 is 0.794 bits per heavy atom. The first-order valence-corrected chi connectivity index (χ1v) is 13.5. The molecule has 1 amide bonds.